The molecule has 22 heavy (non-hydrogen) atoms. The number of anilines is 2. The van der Waals surface area contributed by atoms with Crippen LogP contribution in [0, 0.1) is 13.8 Å². The zero-order valence-corrected chi connectivity index (χ0v) is 12.3. The van der Waals surface area contributed by atoms with Gasteiger partial charge in [-0.1, -0.05) is 29.3 Å². The van der Waals surface area contributed by atoms with Gasteiger partial charge >= 0.3 is 5.63 Å². The van der Waals surface area contributed by atoms with Crippen molar-refractivity contribution >= 4 is 28.6 Å². The van der Waals surface area contributed by atoms with E-state index in [9.17, 15) is 9.59 Å². The lowest BCUT2D eigenvalue weighted by atomic mass is 10.1. The van der Waals surface area contributed by atoms with Crippen LogP contribution in [-0.4, -0.2) is 6.29 Å². The molecule has 4 heteroatoms. The molecule has 3 rings (SSSR count). The second kappa shape index (κ2) is 5.48. The monoisotopic (exact) mass is 293 g/mol. The molecule has 0 aliphatic carbocycles. The lowest BCUT2D eigenvalue weighted by Gasteiger charge is -2.12. The second-order valence-electron chi connectivity index (χ2n) is 5.29. The van der Waals surface area contributed by atoms with E-state index < -0.39 is 5.63 Å². The Kier molecular flexibility index (Phi) is 3.51. The molecular weight excluding hydrogens is 278 g/mol. The summed E-state index contributed by atoms with van der Waals surface area (Å²) < 4.78 is 5.21. The molecule has 0 bridgehead atoms. The zero-order chi connectivity index (χ0) is 15.7. The fraction of sp³-hybridized carbons (Fsp3) is 0.111. The number of carbonyl (C=O) groups excluding carboxylic acids is 1. The van der Waals surface area contributed by atoms with E-state index in [0.717, 1.165) is 16.8 Å². The summed E-state index contributed by atoms with van der Waals surface area (Å²) in [6.07, 6.45) is 0.532. The van der Waals surface area contributed by atoms with Crippen molar-refractivity contribution in [1.29, 1.82) is 0 Å². The van der Waals surface area contributed by atoms with Gasteiger partial charge in [0.1, 0.15) is 11.1 Å². The van der Waals surface area contributed by atoms with Crippen molar-refractivity contribution in [3.05, 3.63) is 69.6 Å². The first-order valence-electron chi connectivity index (χ1n) is 6.95. The quantitative estimate of drug-likeness (QED) is 0.586. The van der Waals surface area contributed by atoms with Crippen LogP contribution in [0.2, 0.25) is 0 Å². The molecule has 4 nitrogen and oxygen atoms in total. The normalized spacial score (nSPS) is 10.6. The van der Waals surface area contributed by atoms with Gasteiger partial charge in [0.25, 0.3) is 0 Å². The van der Waals surface area contributed by atoms with Crippen molar-refractivity contribution in [3.8, 4) is 0 Å². The minimum atomic E-state index is -0.638. The molecule has 0 radical (unpaired) electrons. The Morgan fingerprint density at radius 3 is 2.36 bits per heavy atom. The lowest BCUT2D eigenvalue weighted by Crippen LogP contribution is -2.10. The maximum absolute atomic E-state index is 12.0. The molecule has 0 saturated heterocycles. The minimum absolute atomic E-state index is 0.00123. The van der Waals surface area contributed by atoms with E-state index in [1.54, 1.807) is 6.07 Å². The van der Waals surface area contributed by atoms with Gasteiger partial charge in [-0.25, -0.2) is 4.79 Å². The maximum Gasteiger partial charge on any atom is 0.349 e. The SMILES string of the molecule is Cc1ccc(Nc2c(C=O)c(=O)oc3ccc(C)cc23)cc1. The fourth-order valence-electron chi connectivity index (χ4n) is 2.35. The van der Waals surface area contributed by atoms with Gasteiger partial charge < -0.3 is 9.73 Å². The summed E-state index contributed by atoms with van der Waals surface area (Å²) in [5, 5.41) is 3.88. The number of carbonyl (C=O) groups is 1. The van der Waals surface area contributed by atoms with Gasteiger partial charge in [0.15, 0.2) is 6.29 Å². The van der Waals surface area contributed by atoms with Crippen LogP contribution in [0.5, 0.6) is 0 Å². The van der Waals surface area contributed by atoms with Crippen molar-refractivity contribution in [2.75, 3.05) is 5.32 Å². The van der Waals surface area contributed by atoms with E-state index in [1.807, 2.05) is 50.2 Å². The molecule has 0 fully saturated rings. The first-order valence-corrected chi connectivity index (χ1v) is 6.95. The standard InChI is InChI=1S/C18H15NO3/c1-11-3-6-13(7-4-11)19-17-14-9-12(2)5-8-16(14)22-18(21)15(17)10-20/h3-10,19H,1-2H3. The Morgan fingerprint density at radius 2 is 1.68 bits per heavy atom. The maximum atomic E-state index is 12.0. The molecule has 0 spiro atoms. The van der Waals surface area contributed by atoms with Crippen molar-refractivity contribution in [1.82, 2.24) is 0 Å². The smallest absolute Gasteiger partial charge is 0.349 e. The molecule has 0 unspecified atom stereocenters. The number of hydrogen-bond acceptors (Lipinski definition) is 4. The number of hydrogen-bond donors (Lipinski definition) is 1. The summed E-state index contributed by atoms with van der Waals surface area (Å²) in [7, 11) is 0. The molecule has 1 N–H and O–H groups in total. The van der Waals surface area contributed by atoms with Crippen molar-refractivity contribution in [3.63, 3.8) is 0 Å². The summed E-state index contributed by atoms with van der Waals surface area (Å²) in [5.41, 5.74) is 3.26. The number of aryl methyl sites for hydroxylation is 2. The van der Waals surface area contributed by atoms with E-state index in [4.69, 9.17) is 4.42 Å². The molecule has 0 atom stereocenters. The Balaban J connectivity index is 2.24. The summed E-state index contributed by atoms with van der Waals surface area (Å²) in [4.78, 5) is 23.3. The van der Waals surface area contributed by atoms with Crippen molar-refractivity contribution in [2.24, 2.45) is 0 Å². The van der Waals surface area contributed by atoms with Gasteiger partial charge in [0.05, 0.1) is 5.69 Å². The predicted octanol–water partition coefficient (Wildman–Crippen LogP) is 3.97. The molecule has 0 aliphatic heterocycles. The van der Waals surface area contributed by atoms with E-state index in [1.165, 1.54) is 0 Å². The number of benzene rings is 2. The Hall–Kier alpha value is -2.88. The minimum Gasteiger partial charge on any atom is -0.422 e. The molecule has 1 heterocycles. The molecule has 1 aromatic heterocycles. The summed E-state index contributed by atoms with van der Waals surface area (Å²) >= 11 is 0. The van der Waals surface area contributed by atoms with Crippen LogP contribution in [0.25, 0.3) is 11.0 Å². The van der Waals surface area contributed by atoms with Crippen LogP contribution in [-0.2, 0) is 0 Å². The third-order valence-corrected chi connectivity index (χ3v) is 3.54. The van der Waals surface area contributed by atoms with E-state index in [0.29, 0.717) is 22.9 Å². The lowest BCUT2D eigenvalue weighted by molar-refractivity contribution is 0.112. The van der Waals surface area contributed by atoms with Crippen LogP contribution in [0.3, 0.4) is 0 Å². The topological polar surface area (TPSA) is 59.3 Å². The van der Waals surface area contributed by atoms with Crippen LogP contribution in [0.4, 0.5) is 11.4 Å². The van der Waals surface area contributed by atoms with Crippen LogP contribution in [0.15, 0.2) is 51.7 Å². The zero-order valence-electron chi connectivity index (χ0n) is 12.3. The van der Waals surface area contributed by atoms with Gasteiger partial charge in [0.2, 0.25) is 0 Å². The number of fused-ring (bicyclic) bond motifs is 1. The van der Waals surface area contributed by atoms with Crippen molar-refractivity contribution < 1.29 is 9.21 Å². The average molecular weight is 293 g/mol. The van der Waals surface area contributed by atoms with Gasteiger partial charge in [-0.15, -0.1) is 0 Å². The Labute approximate surface area is 127 Å². The third kappa shape index (κ3) is 2.51. The van der Waals surface area contributed by atoms with E-state index >= 15 is 0 Å². The first kappa shape index (κ1) is 14.1. The largest absolute Gasteiger partial charge is 0.422 e. The number of aldehydes is 1. The highest BCUT2D eigenvalue weighted by Gasteiger charge is 2.14. The van der Waals surface area contributed by atoms with Gasteiger partial charge in [-0.05, 0) is 38.1 Å². The van der Waals surface area contributed by atoms with Crippen molar-refractivity contribution in [2.45, 2.75) is 13.8 Å². The van der Waals surface area contributed by atoms with Crippen LogP contribution < -0.4 is 10.9 Å². The summed E-state index contributed by atoms with van der Waals surface area (Å²) in [6, 6.07) is 13.2. The number of nitrogens with one attached hydrogen (secondary N) is 1. The summed E-state index contributed by atoms with van der Waals surface area (Å²) in [6.45, 7) is 3.94. The first-order chi connectivity index (χ1) is 10.6. The number of rotatable bonds is 3. The second-order valence-corrected chi connectivity index (χ2v) is 5.29. The molecule has 0 aliphatic rings. The van der Waals surface area contributed by atoms with Crippen LogP contribution in [0.1, 0.15) is 21.5 Å². The highest BCUT2D eigenvalue weighted by molar-refractivity contribution is 6.00. The van der Waals surface area contributed by atoms with Gasteiger partial charge in [0, 0.05) is 11.1 Å². The van der Waals surface area contributed by atoms with E-state index in [-0.39, 0.29) is 5.56 Å². The highest BCUT2D eigenvalue weighted by Crippen LogP contribution is 2.28. The van der Waals surface area contributed by atoms with Gasteiger partial charge in [-0.2, -0.15) is 0 Å². The molecule has 3 aromatic rings. The third-order valence-electron chi connectivity index (χ3n) is 3.54. The highest BCUT2D eigenvalue weighted by atomic mass is 16.4. The Bertz CT molecular complexity index is 908. The van der Waals surface area contributed by atoms with Gasteiger partial charge in [-0.3, -0.25) is 4.79 Å². The van der Waals surface area contributed by atoms with E-state index in [2.05, 4.69) is 5.32 Å². The molecule has 110 valence electrons. The summed E-state index contributed by atoms with van der Waals surface area (Å²) in [5.74, 6) is 0. The Morgan fingerprint density at radius 1 is 1.00 bits per heavy atom. The predicted molar refractivity (Wildman–Crippen MR) is 87.1 cm³/mol. The van der Waals surface area contributed by atoms with Crippen LogP contribution >= 0.6 is 0 Å². The fourth-order valence-corrected chi connectivity index (χ4v) is 2.35. The molecule has 2 aromatic carbocycles. The molecule has 0 amide bonds. The molecular formula is C18H15NO3. The average Bonchev–Trinajstić information content (AvgIpc) is 2.50. The molecule has 0 saturated carbocycles.